The molecule has 8 heteroatoms. The van der Waals surface area contributed by atoms with Crippen molar-refractivity contribution in [3.8, 4) is 6.07 Å². The van der Waals surface area contributed by atoms with Crippen LogP contribution in [0.3, 0.4) is 0 Å². The Morgan fingerprint density at radius 2 is 2.14 bits per heavy atom. The molecule has 0 aliphatic heterocycles. The van der Waals surface area contributed by atoms with E-state index in [-0.39, 0.29) is 21.0 Å². The van der Waals surface area contributed by atoms with Crippen LogP contribution in [-0.2, 0) is 14.8 Å². The molecule has 1 aromatic carbocycles. The van der Waals surface area contributed by atoms with E-state index in [2.05, 4.69) is 9.46 Å². The fourth-order valence-corrected chi connectivity index (χ4v) is 3.52. The van der Waals surface area contributed by atoms with Crippen LogP contribution in [0.1, 0.15) is 15.2 Å². The van der Waals surface area contributed by atoms with Gasteiger partial charge in [-0.3, -0.25) is 4.72 Å². The van der Waals surface area contributed by atoms with Crippen LogP contribution in [0.2, 0.25) is 0 Å². The summed E-state index contributed by atoms with van der Waals surface area (Å²) in [5.41, 5.74) is 0.380. The quantitative estimate of drug-likeness (QED) is 0.871. The number of carbonyl (C=O) groups is 1. The first kappa shape index (κ1) is 15.0. The minimum atomic E-state index is -3.88. The lowest BCUT2D eigenvalue weighted by Gasteiger charge is -2.08. The number of esters is 1. The molecule has 0 spiro atoms. The summed E-state index contributed by atoms with van der Waals surface area (Å²) in [5.74, 6) is -0.617. The number of anilines is 1. The Balaban J connectivity index is 2.36. The Bertz CT molecular complexity index is 819. The maximum absolute atomic E-state index is 12.3. The molecule has 0 fully saturated rings. The molecule has 1 aromatic heterocycles. The molecule has 0 saturated carbocycles. The second-order valence-electron chi connectivity index (χ2n) is 3.90. The summed E-state index contributed by atoms with van der Waals surface area (Å²) in [6.45, 7) is 0. The molecule has 2 aromatic rings. The zero-order chi connectivity index (χ0) is 15.5. The second kappa shape index (κ2) is 5.95. The van der Waals surface area contributed by atoms with Gasteiger partial charge in [-0.1, -0.05) is 6.07 Å². The van der Waals surface area contributed by atoms with Gasteiger partial charge in [-0.15, -0.1) is 11.3 Å². The Morgan fingerprint density at radius 1 is 1.38 bits per heavy atom. The zero-order valence-electron chi connectivity index (χ0n) is 10.9. The normalized spacial score (nSPS) is 10.7. The lowest BCUT2D eigenvalue weighted by atomic mass is 10.2. The lowest BCUT2D eigenvalue weighted by molar-refractivity contribution is 0.0607. The maximum Gasteiger partial charge on any atom is 0.350 e. The summed E-state index contributed by atoms with van der Waals surface area (Å²) in [7, 11) is -2.66. The summed E-state index contributed by atoms with van der Waals surface area (Å²) in [6.07, 6.45) is 0. The maximum atomic E-state index is 12.3. The largest absolute Gasteiger partial charge is 0.465 e. The summed E-state index contributed by atoms with van der Waals surface area (Å²) >= 11 is 1.07. The summed E-state index contributed by atoms with van der Waals surface area (Å²) < 4.78 is 31.4. The van der Waals surface area contributed by atoms with Crippen LogP contribution < -0.4 is 4.72 Å². The van der Waals surface area contributed by atoms with Crippen molar-refractivity contribution in [2.45, 2.75) is 4.90 Å². The molecule has 1 heterocycles. The van der Waals surface area contributed by atoms with Crippen LogP contribution in [0.5, 0.6) is 0 Å². The van der Waals surface area contributed by atoms with Crippen molar-refractivity contribution in [2.75, 3.05) is 11.8 Å². The molecule has 0 unspecified atom stereocenters. The van der Waals surface area contributed by atoms with Crippen LogP contribution in [0, 0.1) is 11.3 Å². The van der Waals surface area contributed by atoms with Gasteiger partial charge in [0.1, 0.15) is 4.88 Å². The summed E-state index contributed by atoms with van der Waals surface area (Å²) in [4.78, 5) is 11.6. The van der Waals surface area contributed by atoms with Crippen LogP contribution >= 0.6 is 11.3 Å². The number of sulfonamides is 1. The highest BCUT2D eigenvalue weighted by atomic mass is 32.2. The van der Waals surface area contributed by atoms with E-state index < -0.39 is 16.0 Å². The molecule has 0 bridgehead atoms. The van der Waals surface area contributed by atoms with Crippen LogP contribution in [-0.4, -0.2) is 21.5 Å². The standard InChI is InChI=1S/C13H10N2O4S2/c1-19-13(16)12-11(5-6-20-12)15-21(17,18)10-4-2-3-9(7-10)8-14/h2-7,15H,1H3. The molecule has 1 N–H and O–H groups in total. The number of nitrogens with zero attached hydrogens (tertiary/aromatic N) is 1. The highest BCUT2D eigenvalue weighted by Gasteiger charge is 2.20. The third-order valence-electron chi connectivity index (χ3n) is 2.55. The molecular weight excluding hydrogens is 312 g/mol. The van der Waals surface area contributed by atoms with Crippen molar-refractivity contribution in [3.63, 3.8) is 0 Å². The number of thiophene rings is 1. The van der Waals surface area contributed by atoms with E-state index in [0.29, 0.717) is 0 Å². The average Bonchev–Trinajstić information content (AvgIpc) is 2.94. The summed E-state index contributed by atoms with van der Waals surface area (Å²) in [5, 5.41) is 10.4. The second-order valence-corrected chi connectivity index (χ2v) is 6.50. The Morgan fingerprint density at radius 3 is 2.81 bits per heavy atom. The number of benzene rings is 1. The molecular formula is C13H10N2O4S2. The van der Waals surface area contributed by atoms with Gasteiger partial charge in [0, 0.05) is 0 Å². The molecule has 0 aliphatic rings. The van der Waals surface area contributed by atoms with E-state index in [9.17, 15) is 13.2 Å². The fourth-order valence-electron chi connectivity index (χ4n) is 1.58. The first-order valence-electron chi connectivity index (χ1n) is 5.66. The van der Waals surface area contributed by atoms with Crippen molar-refractivity contribution < 1.29 is 17.9 Å². The van der Waals surface area contributed by atoms with Gasteiger partial charge >= 0.3 is 5.97 Å². The Hall–Kier alpha value is -2.37. The number of nitrogens with one attached hydrogen (secondary N) is 1. The van der Waals surface area contributed by atoms with E-state index >= 15 is 0 Å². The monoisotopic (exact) mass is 322 g/mol. The zero-order valence-corrected chi connectivity index (χ0v) is 12.5. The Kier molecular flexibility index (Phi) is 4.26. The highest BCUT2D eigenvalue weighted by molar-refractivity contribution is 7.92. The average molecular weight is 322 g/mol. The predicted molar refractivity (Wildman–Crippen MR) is 77.6 cm³/mol. The molecule has 0 aliphatic carbocycles. The SMILES string of the molecule is COC(=O)c1sccc1NS(=O)(=O)c1cccc(C#N)c1. The number of carbonyl (C=O) groups excluding carboxylic acids is 1. The van der Waals surface area contributed by atoms with Gasteiger partial charge in [0.2, 0.25) is 0 Å². The van der Waals surface area contributed by atoms with Crippen LogP contribution in [0.4, 0.5) is 5.69 Å². The minimum absolute atomic E-state index is 0.0523. The van der Waals surface area contributed by atoms with Gasteiger partial charge in [0.05, 0.1) is 29.3 Å². The molecule has 6 nitrogen and oxygen atoms in total. The van der Waals surface area contributed by atoms with E-state index in [4.69, 9.17) is 5.26 Å². The topological polar surface area (TPSA) is 96.3 Å². The molecule has 0 amide bonds. The third kappa shape index (κ3) is 3.21. The van der Waals surface area contributed by atoms with E-state index in [1.165, 1.54) is 37.4 Å². The molecule has 0 radical (unpaired) electrons. The van der Waals surface area contributed by atoms with Gasteiger partial charge in [-0.05, 0) is 29.6 Å². The first-order valence-corrected chi connectivity index (χ1v) is 8.03. The molecule has 2 rings (SSSR count). The number of hydrogen-bond donors (Lipinski definition) is 1. The Labute approximate surface area is 125 Å². The number of hydrogen-bond acceptors (Lipinski definition) is 6. The van der Waals surface area contributed by atoms with Gasteiger partial charge < -0.3 is 4.74 Å². The number of nitriles is 1. The molecule has 0 atom stereocenters. The van der Waals surface area contributed by atoms with Crippen molar-refractivity contribution in [1.29, 1.82) is 5.26 Å². The van der Waals surface area contributed by atoms with Gasteiger partial charge in [0.15, 0.2) is 0 Å². The van der Waals surface area contributed by atoms with Gasteiger partial charge in [-0.2, -0.15) is 5.26 Å². The van der Waals surface area contributed by atoms with Gasteiger partial charge in [-0.25, -0.2) is 13.2 Å². The van der Waals surface area contributed by atoms with Crippen LogP contribution in [0.15, 0.2) is 40.6 Å². The van der Waals surface area contributed by atoms with E-state index in [1.807, 2.05) is 6.07 Å². The number of rotatable bonds is 4. The number of methoxy groups -OCH3 is 1. The molecule has 0 saturated heterocycles. The van der Waals surface area contributed by atoms with E-state index in [1.54, 1.807) is 5.38 Å². The lowest BCUT2D eigenvalue weighted by Crippen LogP contribution is -2.14. The van der Waals surface area contributed by atoms with E-state index in [0.717, 1.165) is 11.3 Å². The van der Waals surface area contributed by atoms with Crippen molar-refractivity contribution >= 4 is 33.0 Å². The van der Waals surface area contributed by atoms with Gasteiger partial charge in [0.25, 0.3) is 10.0 Å². The summed E-state index contributed by atoms with van der Waals surface area (Å²) in [6, 6.07) is 8.95. The molecule has 21 heavy (non-hydrogen) atoms. The van der Waals surface area contributed by atoms with Crippen molar-refractivity contribution in [1.82, 2.24) is 0 Å². The fraction of sp³-hybridized carbons (Fsp3) is 0.0769. The van der Waals surface area contributed by atoms with Crippen molar-refractivity contribution in [2.24, 2.45) is 0 Å². The molecule has 108 valence electrons. The van der Waals surface area contributed by atoms with Crippen LogP contribution in [0.25, 0.3) is 0 Å². The predicted octanol–water partition coefficient (Wildman–Crippen LogP) is 2.21. The smallest absolute Gasteiger partial charge is 0.350 e. The minimum Gasteiger partial charge on any atom is -0.465 e. The first-order chi connectivity index (χ1) is 9.97. The highest BCUT2D eigenvalue weighted by Crippen LogP contribution is 2.26. The third-order valence-corrected chi connectivity index (χ3v) is 4.81. The van der Waals surface area contributed by atoms with Crippen molar-refractivity contribution in [3.05, 3.63) is 46.2 Å². The number of ether oxygens (including phenoxy) is 1.